The molecule has 0 aliphatic carbocycles. The maximum absolute atomic E-state index is 11.3. The molecule has 0 aromatic heterocycles. The van der Waals surface area contributed by atoms with Crippen molar-refractivity contribution in [3.63, 3.8) is 0 Å². The average molecular weight is 597 g/mol. The molecular formula is C34H68O4Si2. The van der Waals surface area contributed by atoms with Gasteiger partial charge in [0.1, 0.15) is 0 Å². The van der Waals surface area contributed by atoms with E-state index in [4.69, 9.17) is 8.85 Å². The summed E-state index contributed by atoms with van der Waals surface area (Å²) < 4.78 is 13.9. The van der Waals surface area contributed by atoms with Crippen molar-refractivity contribution in [1.29, 1.82) is 0 Å². The molecule has 0 spiro atoms. The Bertz CT molecular complexity index is 819. The first-order chi connectivity index (χ1) is 17.9. The van der Waals surface area contributed by atoms with Gasteiger partial charge in [-0.2, -0.15) is 0 Å². The zero-order chi connectivity index (χ0) is 31.9. The molecule has 8 atom stereocenters. The fraction of sp³-hybridized carbons (Fsp3) is 0.824. The first-order valence-electron chi connectivity index (χ1n) is 15.5. The molecule has 0 rings (SSSR count). The molecule has 0 saturated carbocycles. The van der Waals surface area contributed by atoms with Gasteiger partial charge in [0.15, 0.2) is 16.6 Å². The minimum atomic E-state index is -2.07. The van der Waals surface area contributed by atoms with Gasteiger partial charge >= 0.3 is 0 Å². The van der Waals surface area contributed by atoms with E-state index in [1.807, 2.05) is 12.2 Å². The zero-order valence-electron chi connectivity index (χ0n) is 29.3. The van der Waals surface area contributed by atoms with Crippen molar-refractivity contribution in [1.82, 2.24) is 0 Å². The summed E-state index contributed by atoms with van der Waals surface area (Å²) in [5.74, 6) is 0.446. The Balaban J connectivity index is 6.16. The van der Waals surface area contributed by atoms with Gasteiger partial charge in [0.25, 0.3) is 0 Å². The van der Waals surface area contributed by atoms with Gasteiger partial charge in [-0.05, 0) is 61.4 Å². The molecule has 0 amide bonds. The number of hydrogen-bond donors (Lipinski definition) is 2. The van der Waals surface area contributed by atoms with Crippen LogP contribution in [0.25, 0.3) is 0 Å². The minimum Gasteiger partial charge on any atom is -0.413 e. The van der Waals surface area contributed by atoms with Gasteiger partial charge in [-0.25, -0.2) is 0 Å². The summed E-state index contributed by atoms with van der Waals surface area (Å²) >= 11 is 0. The van der Waals surface area contributed by atoms with E-state index in [9.17, 15) is 10.2 Å². The van der Waals surface area contributed by atoms with E-state index in [1.54, 1.807) is 6.08 Å². The van der Waals surface area contributed by atoms with Gasteiger partial charge in [0.2, 0.25) is 0 Å². The van der Waals surface area contributed by atoms with Gasteiger partial charge in [0.05, 0.1) is 18.3 Å². The summed E-state index contributed by atoms with van der Waals surface area (Å²) in [5.41, 5.74) is 1.30. The van der Waals surface area contributed by atoms with Crippen molar-refractivity contribution in [3.05, 3.63) is 36.5 Å². The maximum Gasteiger partial charge on any atom is 0.192 e. The van der Waals surface area contributed by atoms with Crippen LogP contribution in [0.3, 0.4) is 0 Å². The first-order valence-corrected chi connectivity index (χ1v) is 21.4. The molecule has 0 bridgehead atoms. The third-order valence-corrected chi connectivity index (χ3v) is 18.7. The Morgan fingerprint density at radius 3 is 1.65 bits per heavy atom. The SMILES string of the molecule is C=CC=C[C@H](C)[C@H](O)[C@@H](C)[C@H](O[Si](C)(C)C(C)(C)C)[C@@H](C)CC(C)=C[C@H](C)[C@@H](O[Si](C)(C)C(C)(C)C)[C@@H](C)CO. The highest BCUT2D eigenvalue weighted by atomic mass is 28.4. The van der Waals surface area contributed by atoms with Crippen LogP contribution < -0.4 is 0 Å². The number of aliphatic hydroxyl groups is 2. The van der Waals surface area contributed by atoms with Crippen molar-refractivity contribution in [2.45, 2.75) is 144 Å². The molecule has 0 heterocycles. The fourth-order valence-corrected chi connectivity index (χ4v) is 7.86. The predicted octanol–water partition coefficient (Wildman–Crippen LogP) is 9.38. The predicted molar refractivity (Wildman–Crippen MR) is 181 cm³/mol. The lowest BCUT2D eigenvalue weighted by molar-refractivity contribution is -0.0134. The van der Waals surface area contributed by atoms with Crippen LogP contribution in [0.15, 0.2) is 36.5 Å². The monoisotopic (exact) mass is 596 g/mol. The maximum atomic E-state index is 11.3. The number of rotatable bonds is 16. The van der Waals surface area contributed by atoms with E-state index in [0.29, 0.717) is 0 Å². The summed E-state index contributed by atoms with van der Waals surface area (Å²) in [7, 11) is -4.07. The van der Waals surface area contributed by atoms with Crippen molar-refractivity contribution in [2.75, 3.05) is 6.61 Å². The summed E-state index contributed by atoms with van der Waals surface area (Å²) in [6.45, 7) is 39.7. The molecule has 40 heavy (non-hydrogen) atoms. The molecule has 236 valence electrons. The van der Waals surface area contributed by atoms with Crippen LogP contribution in [0.2, 0.25) is 36.3 Å². The van der Waals surface area contributed by atoms with Gasteiger partial charge in [-0.1, -0.05) is 113 Å². The summed E-state index contributed by atoms with van der Waals surface area (Å²) in [6.07, 6.45) is 8.33. The molecule has 0 aliphatic heterocycles. The topological polar surface area (TPSA) is 58.9 Å². The zero-order valence-corrected chi connectivity index (χ0v) is 31.3. The van der Waals surface area contributed by atoms with E-state index in [-0.39, 0.29) is 58.5 Å². The number of allylic oxidation sites excluding steroid dienone is 3. The van der Waals surface area contributed by atoms with E-state index < -0.39 is 22.7 Å². The van der Waals surface area contributed by atoms with E-state index >= 15 is 0 Å². The van der Waals surface area contributed by atoms with Crippen LogP contribution in [0.1, 0.15) is 89.5 Å². The molecule has 2 N–H and O–H groups in total. The number of aliphatic hydroxyl groups excluding tert-OH is 2. The third-order valence-electron chi connectivity index (χ3n) is 9.74. The Hall–Kier alpha value is -0.506. The average Bonchev–Trinajstić information content (AvgIpc) is 2.81. The lowest BCUT2D eigenvalue weighted by Gasteiger charge is -2.44. The van der Waals surface area contributed by atoms with Crippen LogP contribution in [0.4, 0.5) is 0 Å². The van der Waals surface area contributed by atoms with Crippen LogP contribution >= 0.6 is 0 Å². The Kier molecular flexibility index (Phi) is 15.6. The summed E-state index contributed by atoms with van der Waals surface area (Å²) in [5, 5.41) is 21.6. The summed E-state index contributed by atoms with van der Waals surface area (Å²) in [6, 6.07) is 0. The normalized spacial score (nSPS) is 20.5. The Morgan fingerprint density at radius 1 is 0.800 bits per heavy atom. The Morgan fingerprint density at radius 2 is 1.25 bits per heavy atom. The molecule has 0 aromatic carbocycles. The van der Waals surface area contributed by atoms with Gasteiger partial charge in [0, 0.05) is 24.4 Å². The van der Waals surface area contributed by atoms with E-state index in [1.165, 1.54) is 5.57 Å². The summed E-state index contributed by atoms with van der Waals surface area (Å²) in [4.78, 5) is 0. The number of hydrogen-bond acceptors (Lipinski definition) is 4. The molecule has 0 fully saturated rings. The molecule has 0 unspecified atom stereocenters. The fourth-order valence-electron chi connectivity index (χ4n) is 4.90. The van der Waals surface area contributed by atoms with Crippen LogP contribution in [0, 0.1) is 29.6 Å². The van der Waals surface area contributed by atoms with Crippen LogP contribution in [-0.4, -0.2) is 51.8 Å². The largest absolute Gasteiger partial charge is 0.413 e. The van der Waals surface area contributed by atoms with Crippen molar-refractivity contribution in [2.24, 2.45) is 29.6 Å². The van der Waals surface area contributed by atoms with Crippen LogP contribution in [0.5, 0.6) is 0 Å². The standard InChI is InChI=1S/C34H68O4Si2/c1-18-19-20-25(3)30(36)29(7)32(38-40(16,17)34(11,12)13)27(5)22-24(2)21-26(4)31(28(6)23-35)37-39(14,15)33(8,9)10/h18-21,25-32,35-36H,1,22-23H2,2-17H3/t25-,26-,27-,28-,29+,30-,31+,32+/m0/s1. The molecular weight excluding hydrogens is 529 g/mol. The molecule has 0 radical (unpaired) electrons. The molecule has 4 nitrogen and oxygen atoms in total. The molecule has 0 saturated heterocycles. The quantitative estimate of drug-likeness (QED) is 0.106. The van der Waals surface area contributed by atoms with E-state index in [2.05, 4.69) is 122 Å². The molecule has 6 heteroatoms. The molecule has 0 aliphatic rings. The van der Waals surface area contributed by atoms with Crippen molar-refractivity contribution < 1.29 is 19.1 Å². The highest BCUT2D eigenvalue weighted by Crippen LogP contribution is 2.42. The smallest absolute Gasteiger partial charge is 0.192 e. The second-order valence-corrected chi connectivity index (χ2v) is 25.2. The third kappa shape index (κ3) is 11.6. The minimum absolute atomic E-state index is 0.00981. The van der Waals surface area contributed by atoms with Gasteiger partial charge in [-0.3, -0.25) is 0 Å². The van der Waals surface area contributed by atoms with Crippen LogP contribution in [-0.2, 0) is 8.85 Å². The lowest BCUT2D eigenvalue weighted by Crippen LogP contribution is -2.49. The van der Waals surface area contributed by atoms with E-state index in [0.717, 1.165) is 6.42 Å². The Labute approximate surface area is 252 Å². The highest BCUT2D eigenvalue weighted by Gasteiger charge is 2.43. The van der Waals surface area contributed by atoms with Gasteiger partial charge < -0.3 is 19.1 Å². The lowest BCUT2D eigenvalue weighted by atomic mass is 9.81. The second-order valence-electron chi connectivity index (χ2n) is 15.7. The van der Waals surface area contributed by atoms with Gasteiger partial charge in [-0.15, -0.1) is 0 Å². The van der Waals surface area contributed by atoms with Crippen molar-refractivity contribution >= 4 is 16.6 Å². The first kappa shape index (κ1) is 39.5. The van der Waals surface area contributed by atoms with Crippen molar-refractivity contribution in [3.8, 4) is 0 Å². The molecule has 0 aromatic rings. The highest BCUT2D eigenvalue weighted by molar-refractivity contribution is 6.74. The second kappa shape index (κ2) is 15.8.